The molecular formula is C15H27ClN2O3. The number of nitrogens with one attached hydrogen (secondary N) is 2. The van der Waals surface area contributed by atoms with Crippen LogP contribution in [0.1, 0.15) is 45.4 Å². The van der Waals surface area contributed by atoms with Gasteiger partial charge in [0.25, 0.3) is 0 Å². The second-order valence-electron chi connectivity index (χ2n) is 5.94. The molecule has 2 aliphatic rings. The van der Waals surface area contributed by atoms with Crippen molar-refractivity contribution in [2.24, 2.45) is 11.8 Å². The summed E-state index contributed by atoms with van der Waals surface area (Å²) in [6.07, 6.45) is 5.98. The van der Waals surface area contributed by atoms with E-state index < -0.39 is 0 Å². The van der Waals surface area contributed by atoms with Gasteiger partial charge in [-0.25, -0.2) is 0 Å². The van der Waals surface area contributed by atoms with Gasteiger partial charge in [-0.2, -0.15) is 0 Å². The molecule has 1 amide bonds. The normalized spacial score (nSPS) is 24.8. The van der Waals surface area contributed by atoms with E-state index in [-0.39, 0.29) is 36.2 Å². The summed E-state index contributed by atoms with van der Waals surface area (Å²) >= 11 is 0. The van der Waals surface area contributed by atoms with Crippen LogP contribution in [0.2, 0.25) is 0 Å². The lowest BCUT2D eigenvalue weighted by Gasteiger charge is -2.27. The zero-order valence-corrected chi connectivity index (χ0v) is 13.5. The topological polar surface area (TPSA) is 67.4 Å². The number of ether oxygens (including phenoxy) is 1. The predicted octanol–water partition coefficient (Wildman–Crippen LogP) is 1.65. The number of rotatable bonds is 7. The van der Waals surface area contributed by atoms with Crippen molar-refractivity contribution in [3.8, 4) is 0 Å². The summed E-state index contributed by atoms with van der Waals surface area (Å²) in [6.45, 7) is 3.65. The van der Waals surface area contributed by atoms with Gasteiger partial charge in [-0.1, -0.05) is 0 Å². The maximum absolute atomic E-state index is 11.8. The molecule has 0 aromatic carbocycles. The van der Waals surface area contributed by atoms with E-state index in [0.717, 1.165) is 38.1 Å². The predicted molar refractivity (Wildman–Crippen MR) is 83.4 cm³/mol. The van der Waals surface area contributed by atoms with Crippen molar-refractivity contribution < 1.29 is 14.3 Å². The van der Waals surface area contributed by atoms with Gasteiger partial charge in [0, 0.05) is 6.04 Å². The molecule has 122 valence electrons. The second kappa shape index (κ2) is 9.26. The van der Waals surface area contributed by atoms with Crippen molar-refractivity contribution in [2.45, 2.75) is 51.5 Å². The van der Waals surface area contributed by atoms with E-state index in [2.05, 4.69) is 10.6 Å². The van der Waals surface area contributed by atoms with Gasteiger partial charge in [0.1, 0.15) is 0 Å². The number of esters is 1. The van der Waals surface area contributed by atoms with E-state index in [1.165, 1.54) is 12.8 Å². The maximum atomic E-state index is 11.8. The molecule has 2 fully saturated rings. The molecule has 0 saturated heterocycles. The summed E-state index contributed by atoms with van der Waals surface area (Å²) in [5.74, 6) is 0.813. The molecule has 0 atom stereocenters. The van der Waals surface area contributed by atoms with Crippen molar-refractivity contribution in [1.82, 2.24) is 10.6 Å². The van der Waals surface area contributed by atoms with Crippen molar-refractivity contribution >= 4 is 24.3 Å². The Balaban J connectivity index is 0.00000220. The van der Waals surface area contributed by atoms with Crippen LogP contribution in [0, 0.1) is 11.8 Å². The number of halogens is 1. The van der Waals surface area contributed by atoms with Gasteiger partial charge >= 0.3 is 5.97 Å². The van der Waals surface area contributed by atoms with Crippen molar-refractivity contribution in [3.63, 3.8) is 0 Å². The Labute approximate surface area is 133 Å². The highest BCUT2D eigenvalue weighted by Crippen LogP contribution is 2.27. The largest absolute Gasteiger partial charge is 0.466 e. The molecule has 21 heavy (non-hydrogen) atoms. The fourth-order valence-corrected chi connectivity index (χ4v) is 2.72. The summed E-state index contributed by atoms with van der Waals surface area (Å²) in [5.41, 5.74) is 0. The molecule has 0 bridgehead atoms. The van der Waals surface area contributed by atoms with Gasteiger partial charge in [0.05, 0.1) is 19.1 Å². The lowest BCUT2D eigenvalue weighted by Crippen LogP contribution is -2.43. The van der Waals surface area contributed by atoms with Gasteiger partial charge in [-0.3, -0.25) is 9.59 Å². The first-order valence-electron chi connectivity index (χ1n) is 7.85. The lowest BCUT2D eigenvalue weighted by atomic mass is 9.86. The van der Waals surface area contributed by atoms with Crippen LogP contribution in [-0.2, 0) is 14.3 Å². The molecule has 0 heterocycles. The van der Waals surface area contributed by atoms with Crippen LogP contribution in [-0.4, -0.2) is 37.6 Å². The van der Waals surface area contributed by atoms with Crippen molar-refractivity contribution in [1.29, 1.82) is 0 Å². The van der Waals surface area contributed by atoms with E-state index in [1.54, 1.807) is 0 Å². The number of carbonyl (C=O) groups is 2. The van der Waals surface area contributed by atoms with Crippen LogP contribution < -0.4 is 10.6 Å². The molecular weight excluding hydrogens is 292 g/mol. The highest BCUT2D eigenvalue weighted by molar-refractivity contribution is 5.85. The SMILES string of the molecule is CCOC(=O)C1CCC(NC(=O)CNCC2CC2)CC1.Cl. The molecule has 0 radical (unpaired) electrons. The molecule has 2 rings (SSSR count). The number of hydrogen-bond acceptors (Lipinski definition) is 4. The van der Waals surface area contributed by atoms with Gasteiger partial charge in [0.15, 0.2) is 0 Å². The molecule has 2 aliphatic carbocycles. The Kier molecular flexibility index (Phi) is 8.04. The third kappa shape index (κ3) is 6.66. The zero-order chi connectivity index (χ0) is 14.4. The molecule has 0 spiro atoms. The standard InChI is InChI=1S/C15H26N2O3.ClH/c1-2-20-15(19)12-5-7-13(8-6-12)17-14(18)10-16-9-11-3-4-11;/h11-13,16H,2-10H2,1H3,(H,17,18);1H. The average molecular weight is 319 g/mol. The Morgan fingerprint density at radius 3 is 2.33 bits per heavy atom. The zero-order valence-electron chi connectivity index (χ0n) is 12.7. The molecule has 0 aromatic rings. The first kappa shape index (κ1) is 18.2. The molecule has 2 saturated carbocycles. The van der Waals surface area contributed by atoms with Gasteiger partial charge in [-0.05, 0) is 57.9 Å². The summed E-state index contributed by atoms with van der Waals surface area (Å²) in [6, 6.07) is 0.218. The third-order valence-corrected chi connectivity index (χ3v) is 4.13. The Hall–Kier alpha value is -0.810. The number of carbonyl (C=O) groups excluding carboxylic acids is 2. The average Bonchev–Trinajstić information content (AvgIpc) is 3.24. The van der Waals surface area contributed by atoms with E-state index in [4.69, 9.17) is 4.74 Å². The molecule has 0 aliphatic heterocycles. The van der Waals surface area contributed by atoms with E-state index >= 15 is 0 Å². The fourth-order valence-electron chi connectivity index (χ4n) is 2.72. The smallest absolute Gasteiger partial charge is 0.308 e. The fraction of sp³-hybridized carbons (Fsp3) is 0.867. The van der Waals surface area contributed by atoms with Crippen LogP contribution in [0.15, 0.2) is 0 Å². The second-order valence-corrected chi connectivity index (χ2v) is 5.94. The highest BCUT2D eigenvalue weighted by atomic mass is 35.5. The molecule has 0 aromatic heterocycles. The molecule has 6 heteroatoms. The van der Waals surface area contributed by atoms with E-state index in [9.17, 15) is 9.59 Å². The number of amides is 1. The molecule has 0 unspecified atom stereocenters. The van der Waals surface area contributed by atoms with Crippen LogP contribution in [0.4, 0.5) is 0 Å². The van der Waals surface area contributed by atoms with Crippen molar-refractivity contribution in [3.05, 3.63) is 0 Å². The molecule has 2 N–H and O–H groups in total. The number of hydrogen-bond donors (Lipinski definition) is 2. The summed E-state index contributed by atoms with van der Waals surface area (Å²) in [7, 11) is 0. The lowest BCUT2D eigenvalue weighted by molar-refractivity contribution is -0.149. The van der Waals surface area contributed by atoms with Crippen LogP contribution in [0.3, 0.4) is 0 Å². The van der Waals surface area contributed by atoms with Gasteiger partial charge < -0.3 is 15.4 Å². The Bertz CT molecular complexity index is 340. The van der Waals surface area contributed by atoms with E-state index in [1.807, 2.05) is 6.92 Å². The highest BCUT2D eigenvalue weighted by Gasteiger charge is 2.28. The van der Waals surface area contributed by atoms with Gasteiger partial charge in [-0.15, -0.1) is 12.4 Å². The monoisotopic (exact) mass is 318 g/mol. The van der Waals surface area contributed by atoms with Crippen molar-refractivity contribution in [2.75, 3.05) is 19.7 Å². The summed E-state index contributed by atoms with van der Waals surface area (Å²) < 4.78 is 5.04. The summed E-state index contributed by atoms with van der Waals surface area (Å²) in [4.78, 5) is 23.4. The first-order valence-corrected chi connectivity index (χ1v) is 7.85. The minimum atomic E-state index is -0.0802. The maximum Gasteiger partial charge on any atom is 0.308 e. The molecule has 5 nitrogen and oxygen atoms in total. The van der Waals surface area contributed by atoms with Gasteiger partial charge in [0.2, 0.25) is 5.91 Å². The minimum absolute atomic E-state index is 0. The van der Waals surface area contributed by atoms with Crippen LogP contribution in [0.25, 0.3) is 0 Å². The summed E-state index contributed by atoms with van der Waals surface area (Å²) in [5, 5.41) is 6.25. The quantitative estimate of drug-likeness (QED) is 0.700. The first-order chi connectivity index (χ1) is 9.69. The van der Waals surface area contributed by atoms with E-state index in [0.29, 0.717) is 13.2 Å². The third-order valence-electron chi connectivity index (χ3n) is 4.13. The van der Waals surface area contributed by atoms with Crippen LogP contribution >= 0.6 is 12.4 Å². The minimum Gasteiger partial charge on any atom is -0.466 e. The Morgan fingerprint density at radius 2 is 1.76 bits per heavy atom. The Morgan fingerprint density at radius 1 is 1.10 bits per heavy atom. The van der Waals surface area contributed by atoms with Crippen LogP contribution in [0.5, 0.6) is 0 Å².